The largest absolute Gasteiger partial charge is 0.466 e. The zero-order valence-electron chi connectivity index (χ0n) is 10.8. The van der Waals surface area contributed by atoms with E-state index in [9.17, 15) is 9.59 Å². The number of nitrogens with zero attached hydrogens (tertiary/aromatic N) is 1. The van der Waals surface area contributed by atoms with Crippen molar-refractivity contribution in [3.8, 4) is 0 Å². The van der Waals surface area contributed by atoms with Crippen molar-refractivity contribution < 1.29 is 19.1 Å². The van der Waals surface area contributed by atoms with Gasteiger partial charge in [-0.2, -0.15) is 0 Å². The highest BCUT2D eigenvalue weighted by atomic mass is 35.5. The minimum atomic E-state index is -0.459. The Morgan fingerprint density at radius 3 is 2.89 bits per heavy atom. The number of methoxy groups -OCH3 is 1. The van der Waals surface area contributed by atoms with E-state index in [1.54, 1.807) is 18.9 Å². The van der Waals surface area contributed by atoms with Gasteiger partial charge in [0.25, 0.3) is 0 Å². The topological polar surface area (TPSA) is 67.9 Å². The average Bonchev–Trinajstić information content (AvgIpc) is 2.30. The van der Waals surface area contributed by atoms with Crippen LogP contribution >= 0.6 is 12.4 Å². The van der Waals surface area contributed by atoms with Crippen molar-refractivity contribution in [1.82, 2.24) is 10.2 Å². The van der Waals surface area contributed by atoms with Gasteiger partial charge in [0.15, 0.2) is 0 Å². The van der Waals surface area contributed by atoms with Gasteiger partial charge in [0, 0.05) is 26.7 Å². The van der Waals surface area contributed by atoms with Crippen LogP contribution in [0.5, 0.6) is 0 Å². The van der Waals surface area contributed by atoms with E-state index in [1.807, 2.05) is 0 Å². The smallest absolute Gasteiger partial charge is 0.307 e. The summed E-state index contributed by atoms with van der Waals surface area (Å²) in [7, 11) is 1.60. The number of carbonyl (C=O) groups excluding carboxylic acids is 2. The lowest BCUT2D eigenvalue weighted by atomic mass is 10.1. The normalized spacial score (nSPS) is 19.3. The Labute approximate surface area is 113 Å². The number of amides is 1. The number of esters is 1. The van der Waals surface area contributed by atoms with Gasteiger partial charge in [-0.15, -0.1) is 12.4 Å². The second kappa shape index (κ2) is 9.13. The van der Waals surface area contributed by atoms with E-state index >= 15 is 0 Å². The maximum atomic E-state index is 12.0. The summed E-state index contributed by atoms with van der Waals surface area (Å²) in [6, 6.07) is -0.459. The molecule has 1 atom stereocenters. The second-order valence-electron chi connectivity index (χ2n) is 3.83. The lowest BCUT2D eigenvalue weighted by Gasteiger charge is -2.32. The van der Waals surface area contributed by atoms with Crippen molar-refractivity contribution in [2.45, 2.75) is 19.4 Å². The van der Waals surface area contributed by atoms with Gasteiger partial charge in [0.2, 0.25) is 5.91 Å². The average molecular weight is 281 g/mol. The third-order valence-electron chi connectivity index (χ3n) is 2.62. The van der Waals surface area contributed by atoms with Crippen LogP contribution in [-0.2, 0) is 19.1 Å². The number of hydrogen-bond donors (Lipinski definition) is 1. The van der Waals surface area contributed by atoms with Crippen LogP contribution in [0.3, 0.4) is 0 Å². The van der Waals surface area contributed by atoms with Gasteiger partial charge in [-0.25, -0.2) is 0 Å². The van der Waals surface area contributed by atoms with Crippen LogP contribution in [0.1, 0.15) is 13.3 Å². The monoisotopic (exact) mass is 280 g/mol. The molecule has 1 amide bonds. The molecule has 0 radical (unpaired) electrons. The van der Waals surface area contributed by atoms with E-state index < -0.39 is 6.04 Å². The molecule has 0 aliphatic carbocycles. The maximum absolute atomic E-state index is 12.0. The summed E-state index contributed by atoms with van der Waals surface area (Å²) in [5.41, 5.74) is 0. The first-order chi connectivity index (χ1) is 8.19. The Balaban J connectivity index is 0.00000289. The highest BCUT2D eigenvalue weighted by molar-refractivity contribution is 5.87. The van der Waals surface area contributed by atoms with Crippen molar-refractivity contribution in [1.29, 1.82) is 0 Å². The fraction of sp³-hybridized carbons (Fsp3) is 0.818. The Morgan fingerprint density at radius 2 is 2.28 bits per heavy atom. The van der Waals surface area contributed by atoms with Crippen LogP contribution < -0.4 is 5.32 Å². The molecule has 0 aromatic rings. The van der Waals surface area contributed by atoms with Crippen molar-refractivity contribution in [3.05, 3.63) is 0 Å². The van der Waals surface area contributed by atoms with Crippen LogP contribution in [0.2, 0.25) is 0 Å². The maximum Gasteiger partial charge on any atom is 0.307 e. The molecule has 1 aliphatic rings. The number of hydrogen-bond acceptors (Lipinski definition) is 5. The second-order valence-corrected chi connectivity index (χ2v) is 3.83. The molecule has 1 aliphatic heterocycles. The van der Waals surface area contributed by atoms with Crippen molar-refractivity contribution in [2.75, 3.05) is 40.0 Å². The van der Waals surface area contributed by atoms with E-state index in [1.165, 1.54) is 0 Å². The molecule has 1 heterocycles. The molecule has 6 nitrogen and oxygen atoms in total. The number of carbonyl (C=O) groups is 2. The van der Waals surface area contributed by atoms with E-state index in [0.717, 1.165) is 0 Å². The zero-order chi connectivity index (χ0) is 12.7. The van der Waals surface area contributed by atoms with Crippen molar-refractivity contribution in [3.63, 3.8) is 0 Å². The molecule has 7 heteroatoms. The summed E-state index contributed by atoms with van der Waals surface area (Å²) in [6.07, 6.45) is 0.0934. The molecule has 1 saturated heterocycles. The third kappa shape index (κ3) is 5.20. The van der Waals surface area contributed by atoms with E-state index in [-0.39, 0.29) is 30.7 Å². The number of rotatable bonds is 6. The van der Waals surface area contributed by atoms with Gasteiger partial charge in [-0.05, 0) is 6.92 Å². The molecular weight excluding hydrogens is 260 g/mol. The Bertz CT molecular complexity index is 276. The summed E-state index contributed by atoms with van der Waals surface area (Å²) >= 11 is 0. The molecule has 106 valence electrons. The molecule has 0 spiro atoms. The standard InChI is InChI=1S/C11H20N2O4.ClH/c1-3-17-10(14)8-9-11(15)13(5-4-12-9)6-7-16-2;/h9,12H,3-8H2,1-2H3;1H. The molecular formula is C11H21ClN2O4. The van der Waals surface area contributed by atoms with Gasteiger partial charge in [-0.3, -0.25) is 9.59 Å². The minimum absolute atomic E-state index is 0. The molecule has 1 N–H and O–H groups in total. The number of ether oxygens (including phenoxy) is 2. The Hall–Kier alpha value is -0.850. The van der Waals surface area contributed by atoms with Crippen molar-refractivity contribution >= 4 is 24.3 Å². The first kappa shape index (κ1) is 17.2. The van der Waals surface area contributed by atoms with Gasteiger partial charge in [-0.1, -0.05) is 0 Å². The summed E-state index contributed by atoms with van der Waals surface area (Å²) in [4.78, 5) is 25.0. The molecule has 0 bridgehead atoms. The number of piperazine rings is 1. The highest BCUT2D eigenvalue weighted by Gasteiger charge is 2.30. The van der Waals surface area contributed by atoms with E-state index in [2.05, 4.69) is 5.32 Å². The first-order valence-corrected chi connectivity index (χ1v) is 5.85. The summed E-state index contributed by atoms with van der Waals surface area (Å²) in [5.74, 6) is -0.395. The summed E-state index contributed by atoms with van der Waals surface area (Å²) in [6.45, 7) is 4.52. The lowest BCUT2D eigenvalue weighted by molar-refractivity contribution is -0.148. The van der Waals surface area contributed by atoms with Gasteiger partial charge < -0.3 is 19.7 Å². The predicted molar refractivity (Wildman–Crippen MR) is 68.7 cm³/mol. The van der Waals surface area contributed by atoms with Crippen LogP contribution in [0, 0.1) is 0 Å². The van der Waals surface area contributed by atoms with Gasteiger partial charge in [0.1, 0.15) is 0 Å². The fourth-order valence-corrected chi connectivity index (χ4v) is 1.76. The number of halogens is 1. The molecule has 18 heavy (non-hydrogen) atoms. The Kier molecular flexibility index (Phi) is 8.70. The van der Waals surface area contributed by atoms with Crippen LogP contribution in [0.25, 0.3) is 0 Å². The SMILES string of the molecule is CCOC(=O)CC1NCCN(CCOC)C1=O.Cl. The Morgan fingerprint density at radius 1 is 1.56 bits per heavy atom. The van der Waals surface area contributed by atoms with Gasteiger partial charge in [0.05, 0.1) is 25.7 Å². The van der Waals surface area contributed by atoms with Gasteiger partial charge >= 0.3 is 5.97 Å². The van der Waals surface area contributed by atoms with Crippen molar-refractivity contribution in [2.24, 2.45) is 0 Å². The van der Waals surface area contributed by atoms with Crippen LogP contribution in [0.15, 0.2) is 0 Å². The van der Waals surface area contributed by atoms with Crippen LogP contribution in [-0.4, -0.2) is 62.8 Å². The van der Waals surface area contributed by atoms with E-state index in [4.69, 9.17) is 9.47 Å². The molecule has 1 rings (SSSR count). The molecule has 0 aromatic carbocycles. The molecule has 1 fully saturated rings. The molecule has 0 saturated carbocycles. The fourth-order valence-electron chi connectivity index (χ4n) is 1.76. The first-order valence-electron chi connectivity index (χ1n) is 5.85. The van der Waals surface area contributed by atoms with Crippen LogP contribution in [0.4, 0.5) is 0 Å². The quantitative estimate of drug-likeness (QED) is 0.683. The molecule has 0 aromatic heterocycles. The minimum Gasteiger partial charge on any atom is -0.466 e. The summed E-state index contributed by atoms with van der Waals surface area (Å²) < 4.78 is 9.78. The highest BCUT2D eigenvalue weighted by Crippen LogP contribution is 2.06. The van der Waals surface area contributed by atoms with E-state index in [0.29, 0.717) is 32.8 Å². The predicted octanol–water partition coefficient (Wildman–Crippen LogP) is -0.192. The zero-order valence-corrected chi connectivity index (χ0v) is 11.6. The molecule has 1 unspecified atom stereocenters. The summed E-state index contributed by atoms with van der Waals surface area (Å²) in [5, 5.41) is 3.03. The third-order valence-corrected chi connectivity index (χ3v) is 2.62. The lowest BCUT2D eigenvalue weighted by Crippen LogP contribution is -2.56. The number of nitrogens with one attached hydrogen (secondary N) is 1.